The van der Waals surface area contributed by atoms with E-state index in [1.807, 2.05) is 0 Å². The van der Waals surface area contributed by atoms with Gasteiger partial charge in [0.1, 0.15) is 0 Å². The summed E-state index contributed by atoms with van der Waals surface area (Å²) >= 11 is 0. The van der Waals surface area contributed by atoms with Gasteiger partial charge in [-0.3, -0.25) is 4.79 Å². The molecular weight excluding hydrogens is 515 g/mol. The normalized spacial score (nSPS) is 11.5. The van der Waals surface area contributed by atoms with Crippen molar-refractivity contribution in [3.63, 3.8) is 0 Å². The van der Waals surface area contributed by atoms with Crippen molar-refractivity contribution in [3.8, 4) is 0 Å². The summed E-state index contributed by atoms with van der Waals surface area (Å²) in [5.74, 6) is -3.53. The van der Waals surface area contributed by atoms with E-state index in [4.69, 9.17) is 25.5 Å². The fourth-order valence-electron chi connectivity index (χ4n) is 2.05. The summed E-state index contributed by atoms with van der Waals surface area (Å²) < 4.78 is 30.6. The van der Waals surface area contributed by atoms with Crippen LogP contribution in [-0.4, -0.2) is 88.1 Å². The first-order chi connectivity index (χ1) is 16.2. The SMILES string of the molecule is CC(CCO)CC(O)CS(=O)(=O)[O-].CCC(=O)O.O=C([O-])CCCCCO.O=C([O-])CCCCO.[HH].[Na+]. The van der Waals surface area contributed by atoms with Gasteiger partial charge >= 0.3 is 35.5 Å². The number of hydrogen-bond donors (Lipinski definition) is 5. The molecule has 13 nitrogen and oxygen atoms in total. The summed E-state index contributed by atoms with van der Waals surface area (Å²) in [6.45, 7) is 3.58. The topological polar surface area (TPSA) is 256 Å². The summed E-state index contributed by atoms with van der Waals surface area (Å²) in [6.07, 6.45) is 3.12. The van der Waals surface area contributed by atoms with Gasteiger partial charge in [-0.15, -0.1) is 0 Å². The molecule has 0 radical (unpaired) electrons. The molecule has 2 atom stereocenters. The Morgan fingerprint density at radius 2 is 1.25 bits per heavy atom. The van der Waals surface area contributed by atoms with Crippen molar-refractivity contribution in [3.05, 3.63) is 0 Å². The van der Waals surface area contributed by atoms with Gasteiger partial charge < -0.3 is 49.9 Å². The Morgan fingerprint density at radius 1 is 0.861 bits per heavy atom. The standard InChI is InChI=1S/C7H16O5S.C6H12O3.C5H10O3.C3H6O2.Na.H2/c1-6(2-3-8)4-7(9)5-13(10,11)12;7-5-3-1-2-4-6(8)9;6-4-2-1-3-5(7)8;1-2-3(4)5;;/h6-9H,2-5H2,1H3,(H,10,11,12);7H,1-5H2,(H,8,9);6H,1-4H2,(H,7,8);2H2,1H3,(H,4,5);;1H/q;;;;+1;/p-3. The molecule has 5 N–H and O–H groups in total. The third-order valence-electron chi connectivity index (χ3n) is 3.82. The van der Waals surface area contributed by atoms with E-state index in [1.54, 1.807) is 13.8 Å². The molecule has 0 spiro atoms. The number of carboxylic acids is 3. The van der Waals surface area contributed by atoms with E-state index >= 15 is 0 Å². The number of unbranched alkanes of at least 4 members (excludes halogenated alkanes) is 3. The molecule has 0 aliphatic rings. The van der Waals surface area contributed by atoms with Gasteiger partial charge in [0.2, 0.25) is 0 Å². The number of carboxylic acid groups (broad SMARTS) is 3. The van der Waals surface area contributed by atoms with Crippen LogP contribution in [0.5, 0.6) is 0 Å². The van der Waals surface area contributed by atoms with Gasteiger partial charge in [-0.05, 0) is 57.3 Å². The zero-order valence-corrected chi connectivity index (χ0v) is 24.3. The number of hydrogen-bond acceptors (Lipinski definition) is 12. The first kappa shape index (κ1) is 45.1. The maximum Gasteiger partial charge on any atom is 1.00 e. The van der Waals surface area contributed by atoms with Gasteiger partial charge in [0.25, 0.3) is 0 Å². The molecule has 0 aromatic rings. The minimum atomic E-state index is -4.35. The van der Waals surface area contributed by atoms with Crippen molar-refractivity contribution in [1.82, 2.24) is 0 Å². The number of carbonyl (C=O) groups excluding carboxylic acids is 2. The van der Waals surface area contributed by atoms with E-state index in [-0.39, 0.29) is 82.4 Å². The molecule has 0 heterocycles. The van der Waals surface area contributed by atoms with Crippen LogP contribution in [0.1, 0.15) is 79.5 Å². The van der Waals surface area contributed by atoms with Crippen molar-refractivity contribution in [2.75, 3.05) is 25.6 Å². The minimum absolute atomic E-state index is 0. The van der Waals surface area contributed by atoms with E-state index in [1.165, 1.54) is 0 Å². The quantitative estimate of drug-likeness (QED) is 0.0678. The minimum Gasteiger partial charge on any atom is -0.748 e. The van der Waals surface area contributed by atoms with Gasteiger partial charge in [0.15, 0.2) is 0 Å². The summed E-state index contributed by atoms with van der Waals surface area (Å²) in [5, 5.41) is 61.3. The molecule has 15 heteroatoms. The van der Waals surface area contributed by atoms with Gasteiger partial charge in [-0.1, -0.05) is 20.3 Å². The third kappa shape index (κ3) is 58.8. The van der Waals surface area contributed by atoms with Crippen molar-refractivity contribution < 1.29 is 94.1 Å². The molecule has 0 saturated carbocycles. The Labute approximate surface area is 237 Å². The molecule has 0 saturated heterocycles. The predicted molar refractivity (Wildman–Crippen MR) is 123 cm³/mol. The summed E-state index contributed by atoms with van der Waals surface area (Å²) in [5.41, 5.74) is 0. The molecule has 0 amide bonds. The van der Waals surface area contributed by atoms with Gasteiger partial charge in [0, 0.05) is 39.6 Å². The van der Waals surface area contributed by atoms with Crippen LogP contribution in [0, 0.1) is 5.92 Å². The molecule has 0 fully saturated rings. The van der Waals surface area contributed by atoms with Crippen LogP contribution in [-0.2, 0) is 24.5 Å². The largest absolute Gasteiger partial charge is 1.00 e. The van der Waals surface area contributed by atoms with E-state index in [9.17, 15) is 37.6 Å². The van der Waals surface area contributed by atoms with Crippen molar-refractivity contribution >= 4 is 28.0 Å². The Hall–Kier alpha value is -0.840. The zero-order chi connectivity index (χ0) is 28.3. The first-order valence-electron chi connectivity index (χ1n) is 11.2. The van der Waals surface area contributed by atoms with E-state index in [0.29, 0.717) is 32.1 Å². The molecule has 0 rings (SSSR count). The summed E-state index contributed by atoms with van der Waals surface area (Å²) in [7, 11) is -4.35. The first-order valence-corrected chi connectivity index (χ1v) is 12.8. The van der Waals surface area contributed by atoms with Crippen LogP contribution >= 0.6 is 0 Å². The zero-order valence-electron chi connectivity index (χ0n) is 21.5. The number of aliphatic hydroxyl groups is 4. The average Bonchev–Trinajstić information content (AvgIpc) is 2.71. The Bertz CT molecular complexity index is 622. The molecule has 0 bridgehead atoms. The molecular formula is C21H43NaO13S-2. The number of aliphatic hydroxyl groups excluding tert-OH is 4. The van der Waals surface area contributed by atoms with Crippen molar-refractivity contribution in [2.24, 2.45) is 5.92 Å². The number of aliphatic carboxylic acids is 3. The fraction of sp³-hybridized carbons (Fsp3) is 0.857. The Kier molecular flexibility index (Phi) is 40.3. The maximum absolute atomic E-state index is 10.2. The maximum atomic E-state index is 10.2. The van der Waals surface area contributed by atoms with Gasteiger partial charge in [-0.25, -0.2) is 8.42 Å². The number of carbonyl (C=O) groups is 3. The monoisotopic (exact) mass is 558 g/mol. The molecule has 2 unspecified atom stereocenters. The molecule has 214 valence electrons. The fourth-order valence-corrected chi connectivity index (χ4v) is 2.65. The van der Waals surface area contributed by atoms with Crippen LogP contribution in [0.2, 0.25) is 0 Å². The van der Waals surface area contributed by atoms with Crippen molar-refractivity contribution in [2.45, 2.75) is 84.2 Å². The molecule has 0 aliphatic heterocycles. The van der Waals surface area contributed by atoms with E-state index in [2.05, 4.69) is 0 Å². The van der Waals surface area contributed by atoms with E-state index < -0.39 is 39.9 Å². The molecule has 0 aromatic heterocycles. The second kappa shape index (κ2) is 32.2. The van der Waals surface area contributed by atoms with Crippen molar-refractivity contribution in [1.29, 1.82) is 0 Å². The summed E-state index contributed by atoms with van der Waals surface area (Å²) in [4.78, 5) is 28.8. The van der Waals surface area contributed by atoms with Crippen LogP contribution < -0.4 is 39.8 Å². The van der Waals surface area contributed by atoms with E-state index in [0.717, 1.165) is 6.42 Å². The van der Waals surface area contributed by atoms with Gasteiger partial charge in [-0.2, -0.15) is 0 Å². The Morgan fingerprint density at radius 3 is 1.56 bits per heavy atom. The third-order valence-corrected chi connectivity index (χ3v) is 4.62. The van der Waals surface area contributed by atoms with Gasteiger partial charge in [0.05, 0.1) is 22.0 Å². The molecule has 0 aliphatic carbocycles. The smallest absolute Gasteiger partial charge is 0.748 e. The van der Waals surface area contributed by atoms with Crippen LogP contribution in [0.3, 0.4) is 0 Å². The van der Waals surface area contributed by atoms with Crippen LogP contribution in [0.15, 0.2) is 0 Å². The molecule has 36 heavy (non-hydrogen) atoms. The predicted octanol–water partition coefficient (Wildman–Crippen LogP) is -4.78. The summed E-state index contributed by atoms with van der Waals surface area (Å²) in [6, 6.07) is 0. The van der Waals surface area contributed by atoms with Crippen LogP contribution in [0.25, 0.3) is 0 Å². The average molecular weight is 559 g/mol. The number of rotatable bonds is 16. The van der Waals surface area contributed by atoms with Crippen LogP contribution in [0.4, 0.5) is 0 Å². The Balaban J connectivity index is -0.0000000893. The molecule has 0 aromatic carbocycles. The second-order valence-electron chi connectivity index (χ2n) is 7.44. The second-order valence-corrected chi connectivity index (χ2v) is 8.89.